The summed E-state index contributed by atoms with van der Waals surface area (Å²) in [6.45, 7) is 6.37. The standard InChI is InChI=1S/C13H27N5O2/c1-2-20-11-5-7-15-13(17-14)16-8-6-12(19)18-9-3-4-10-18/h2-11,14H2,1H3,(H2,15,16,17). The molecule has 0 spiro atoms. The molecule has 0 unspecified atom stereocenters. The summed E-state index contributed by atoms with van der Waals surface area (Å²) in [5, 5.41) is 3.04. The number of rotatable bonds is 8. The molecule has 0 aromatic rings. The average Bonchev–Trinajstić information content (AvgIpc) is 2.99. The van der Waals surface area contributed by atoms with Gasteiger partial charge in [-0.3, -0.25) is 15.2 Å². The summed E-state index contributed by atoms with van der Waals surface area (Å²) in [5.41, 5.74) is 2.51. The van der Waals surface area contributed by atoms with Crippen LogP contribution in [-0.4, -0.2) is 56.2 Å². The maximum atomic E-state index is 11.8. The molecule has 7 nitrogen and oxygen atoms in total. The van der Waals surface area contributed by atoms with Crippen molar-refractivity contribution in [1.82, 2.24) is 15.6 Å². The fourth-order valence-electron chi connectivity index (χ4n) is 2.07. The first kappa shape index (κ1) is 16.7. The van der Waals surface area contributed by atoms with Crippen molar-refractivity contribution in [1.29, 1.82) is 0 Å². The third kappa shape index (κ3) is 6.72. The third-order valence-corrected chi connectivity index (χ3v) is 3.15. The van der Waals surface area contributed by atoms with E-state index in [-0.39, 0.29) is 5.91 Å². The van der Waals surface area contributed by atoms with Gasteiger partial charge in [0.25, 0.3) is 0 Å². The van der Waals surface area contributed by atoms with Gasteiger partial charge in [-0.1, -0.05) is 0 Å². The molecule has 7 heteroatoms. The number of aliphatic imine (C=N–C) groups is 1. The Bertz CT molecular complexity index is 303. The topological polar surface area (TPSA) is 92.0 Å². The van der Waals surface area contributed by atoms with Crippen LogP contribution in [0.25, 0.3) is 0 Å². The molecule has 1 saturated heterocycles. The molecule has 116 valence electrons. The lowest BCUT2D eigenvalue weighted by atomic mass is 10.3. The SMILES string of the molecule is CCOCCCN=C(NN)NCCC(=O)N1CCCC1. The molecule has 1 heterocycles. The van der Waals surface area contributed by atoms with Crippen molar-refractivity contribution in [2.75, 3.05) is 39.4 Å². The minimum atomic E-state index is 0.197. The van der Waals surface area contributed by atoms with E-state index < -0.39 is 0 Å². The Morgan fingerprint density at radius 3 is 2.80 bits per heavy atom. The van der Waals surface area contributed by atoms with E-state index in [0.29, 0.717) is 32.1 Å². The number of ether oxygens (including phenoxy) is 1. The highest BCUT2D eigenvalue weighted by molar-refractivity contribution is 5.81. The van der Waals surface area contributed by atoms with Crippen molar-refractivity contribution >= 4 is 11.9 Å². The Morgan fingerprint density at radius 2 is 2.15 bits per heavy atom. The number of guanidine groups is 1. The molecule has 4 N–H and O–H groups in total. The van der Waals surface area contributed by atoms with Crippen molar-refractivity contribution in [3.8, 4) is 0 Å². The number of hydrogen-bond acceptors (Lipinski definition) is 4. The second-order valence-electron chi connectivity index (χ2n) is 4.69. The molecule has 0 atom stereocenters. The van der Waals surface area contributed by atoms with Crippen molar-refractivity contribution in [3.05, 3.63) is 0 Å². The third-order valence-electron chi connectivity index (χ3n) is 3.15. The number of nitrogens with zero attached hydrogens (tertiary/aromatic N) is 2. The number of nitrogens with two attached hydrogens (primary N) is 1. The largest absolute Gasteiger partial charge is 0.382 e. The van der Waals surface area contributed by atoms with Gasteiger partial charge in [0.2, 0.25) is 11.9 Å². The summed E-state index contributed by atoms with van der Waals surface area (Å²) < 4.78 is 5.23. The lowest BCUT2D eigenvalue weighted by molar-refractivity contribution is -0.129. The summed E-state index contributed by atoms with van der Waals surface area (Å²) in [5.74, 6) is 6.10. The van der Waals surface area contributed by atoms with E-state index in [9.17, 15) is 4.79 Å². The minimum absolute atomic E-state index is 0.197. The van der Waals surface area contributed by atoms with Gasteiger partial charge in [0.15, 0.2) is 0 Å². The summed E-state index contributed by atoms with van der Waals surface area (Å²) in [6.07, 6.45) is 3.57. The minimum Gasteiger partial charge on any atom is -0.382 e. The first-order valence-electron chi connectivity index (χ1n) is 7.38. The maximum Gasteiger partial charge on any atom is 0.224 e. The molecule has 1 aliphatic rings. The zero-order chi connectivity index (χ0) is 14.6. The Labute approximate surface area is 120 Å². The molecule has 0 aromatic carbocycles. The second kappa shape index (κ2) is 10.4. The second-order valence-corrected chi connectivity index (χ2v) is 4.69. The van der Waals surface area contributed by atoms with Crippen LogP contribution in [0.2, 0.25) is 0 Å². The van der Waals surface area contributed by atoms with Gasteiger partial charge >= 0.3 is 0 Å². The molecule has 0 radical (unpaired) electrons. The van der Waals surface area contributed by atoms with Crippen molar-refractivity contribution < 1.29 is 9.53 Å². The van der Waals surface area contributed by atoms with E-state index in [1.165, 1.54) is 0 Å². The van der Waals surface area contributed by atoms with E-state index in [4.69, 9.17) is 10.6 Å². The predicted octanol–water partition coefficient (Wildman–Crippen LogP) is -0.166. The summed E-state index contributed by atoms with van der Waals surface area (Å²) in [4.78, 5) is 18.0. The number of likely N-dealkylation sites (tertiary alicyclic amines) is 1. The Balaban J connectivity index is 2.13. The number of hydrazine groups is 1. The van der Waals surface area contributed by atoms with E-state index in [1.807, 2.05) is 11.8 Å². The van der Waals surface area contributed by atoms with Crippen LogP contribution in [0.1, 0.15) is 32.6 Å². The van der Waals surface area contributed by atoms with Crippen LogP contribution in [0.5, 0.6) is 0 Å². The van der Waals surface area contributed by atoms with E-state index in [0.717, 1.165) is 39.0 Å². The first-order valence-corrected chi connectivity index (χ1v) is 7.38. The number of amides is 1. The van der Waals surface area contributed by atoms with Crippen LogP contribution >= 0.6 is 0 Å². The van der Waals surface area contributed by atoms with Crippen LogP contribution in [0.3, 0.4) is 0 Å². The highest BCUT2D eigenvalue weighted by Gasteiger charge is 2.16. The number of nitrogens with one attached hydrogen (secondary N) is 2. The zero-order valence-electron chi connectivity index (χ0n) is 12.4. The Kier molecular flexibility index (Phi) is 8.73. The Morgan fingerprint density at radius 1 is 1.40 bits per heavy atom. The van der Waals surface area contributed by atoms with Crippen LogP contribution in [0.15, 0.2) is 4.99 Å². The van der Waals surface area contributed by atoms with Gasteiger partial charge in [-0.05, 0) is 26.2 Å². The maximum absolute atomic E-state index is 11.8. The highest BCUT2D eigenvalue weighted by atomic mass is 16.5. The fourth-order valence-corrected chi connectivity index (χ4v) is 2.07. The van der Waals surface area contributed by atoms with Gasteiger partial charge in [0.1, 0.15) is 0 Å². The molecule has 1 amide bonds. The van der Waals surface area contributed by atoms with E-state index >= 15 is 0 Å². The van der Waals surface area contributed by atoms with Crippen LogP contribution in [0.4, 0.5) is 0 Å². The molecular weight excluding hydrogens is 258 g/mol. The number of carbonyl (C=O) groups is 1. The van der Waals surface area contributed by atoms with Gasteiger partial charge in [-0.15, -0.1) is 0 Å². The zero-order valence-corrected chi connectivity index (χ0v) is 12.4. The van der Waals surface area contributed by atoms with Crippen molar-refractivity contribution in [2.45, 2.75) is 32.6 Å². The highest BCUT2D eigenvalue weighted by Crippen LogP contribution is 2.08. The molecule has 1 aliphatic heterocycles. The summed E-state index contributed by atoms with van der Waals surface area (Å²) in [6, 6.07) is 0. The molecule has 1 rings (SSSR count). The molecule has 1 fully saturated rings. The van der Waals surface area contributed by atoms with Gasteiger partial charge in [0, 0.05) is 45.8 Å². The quantitative estimate of drug-likeness (QED) is 0.189. The van der Waals surface area contributed by atoms with E-state index in [1.54, 1.807) is 0 Å². The first-order chi connectivity index (χ1) is 9.77. The smallest absolute Gasteiger partial charge is 0.224 e. The molecule has 0 aromatic heterocycles. The van der Waals surface area contributed by atoms with Crippen LogP contribution in [0, 0.1) is 0 Å². The summed E-state index contributed by atoms with van der Waals surface area (Å²) in [7, 11) is 0. The molecular formula is C13H27N5O2. The molecule has 0 aliphatic carbocycles. The molecule has 0 saturated carbocycles. The van der Waals surface area contributed by atoms with Crippen LogP contribution < -0.4 is 16.6 Å². The summed E-state index contributed by atoms with van der Waals surface area (Å²) >= 11 is 0. The lowest BCUT2D eigenvalue weighted by Gasteiger charge is -2.15. The van der Waals surface area contributed by atoms with Gasteiger partial charge in [-0.25, -0.2) is 5.84 Å². The molecule has 20 heavy (non-hydrogen) atoms. The van der Waals surface area contributed by atoms with Gasteiger partial charge in [-0.2, -0.15) is 0 Å². The fraction of sp³-hybridized carbons (Fsp3) is 0.846. The number of carbonyl (C=O) groups excluding carboxylic acids is 1. The van der Waals surface area contributed by atoms with Gasteiger partial charge in [0.05, 0.1) is 0 Å². The predicted molar refractivity (Wildman–Crippen MR) is 79.2 cm³/mol. The van der Waals surface area contributed by atoms with Crippen molar-refractivity contribution in [3.63, 3.8) is 0 Å². The average molecular weight is 285 g/mol. The molecule has 0 bridgehead atoms. The van der Waals surface area contributed by atoms with Gasteiger partial charge < -0.3 is 15.0 Å². The lowest BCUT2D eigenvalue weighted by Crippen LogP contribution is -2.43. The van der Waals surface area contributed by atoms with E-state index in [2.05, 4.69) is 15.7 Å². The normalized spacial score (nSPS) is 15.5. The van der Waals surface area contributed by atoms with Crippen LogP contribution in [-0.2, 0) is 9.53 Å². The van der Waals surface area contributed by atoms with Crippen molar-refractivity contribution in [2.24, 2.45) is 10.8 Å². The monoisotopic (exact) mass is 285 g/mol. The Hall–Kier alpha value is -1.34. The number of hydrogen-bond donors (Lipinski definition) is 3.